The lowest BCUT2D eigenvalue weighted by Gasteiger charge is -2.26. The molecule has 10 heteroatoms. The summed E-state index contributed by atoms with van der Waals surface area (Å²) in [6, 6.07) is 6.61. The molecule has 0 fully saturated rings. The Kier molecular flexibility index (Phi) is 5.77. The minimum absolute atomic E-state index is 0.0671. The molecule has 1 amide bonds. The largest absolute Gasteiger partial charge is 0.485 e. The maximum Gasteiger partial charge on any atom is 0.266 e. The monoisotopic (exact) mass is 446 g/mol. The summed E-state index contributed by atoms with van der Waals surface area (Å²) in [5.74, 6) is -0.154. The summed E-state index contributed by atoms with van der Waals surface area (Å²) < 4.78 is 52.2. The van der Waals surface area contributed by atoms with E-state index in [1.807, 2.05) is 0 Å². The second-order valence-electron chi connectivity index (χ2n) is 7.43. The van der Waals surface area contributed by atoms with Crippen LogP contribution in [0.2, 0.25) is 0 Å². The molecule has 2 atom stereocenters. The number of benzene rings is 2. The van der Waals surface area contributed by atoms with Crippen LogP contribution in [0.5, 0.6) is 11.5 Å². The fraction of sp³-hybridized carbons (Fsp3) is 0.318. The Labute approximate surface area is 181 Å². The zero-order valence-corrected chi connectivity index (χ0v) is 17.6. The third-order valence-corrected chi connectivity index (χ3v) is 5.34. The van der Waals surface area contributed by atoms with Crippen LogP contribution in [0, 0.1) is 12.7 Å². The van der Waals surface area contributed by atoms with Crippen molar-refractivity contribution >= 4 is 22.5 Å². The SMILES string of the molecule is CNC(=O)C1COc2cc3c(C)nnc(NC(C)c4cccc(C(F)F)c4F)c3cc2O1. The van der Waals surface area contributed by atoms with Gasteiger partial charge in [-0.3, -0.25) is 4.79 Å². The number of hydrogen-bond acceptors (Lipinski definition) is 6. The number of rotatable bonds is 5. The van der Waals surface area contributed by atoms with Crippen molar-refractivity contribution in [1.82, 2.24) is 15.5 Å². The molecule has 1 aliphatic rings. The van der Waals surface area contributed by atoms with Crippen LogP contribution in [0.1, 0.15) is 36.2 Å². The maximum atomic E-state index is 14.6. The van der Waals surface area contributed by atoms with Crippen LogP contribution < -0.4 is 20.1 Å². The Morgan fingerprint density at radius 1 is 1.16 bits per heavy atom. The third-order valence-electron chi connectivity index (χ3n) is 5.34. The molecule has 0 bridgehead atoms. The van der Waals surface area contributed by atoms with Crippen LogP contribution in [0.15, 0.2) is 30.3 Å². The first-order valence-electron chi connectivity index (χ1n) is 9.95. The first-order valence-corrected chi connectivity index (χ1v) is 9.95. The lowest BCUT2D eigenvalue weighted by molar-refractivity contribution is -0.129. The van der Waals surface area contributed by atoms with Crippen molar-refractivity contribution in [3.05, 3.63) is 53.0 Å². The number of carbonyl (C=O) groups is 1. The number of hydrogen-bond donors (Lipinski definition) is 2. The smallest absolute Gasteiger partial charge is 0.266 e. The number of aryl methyl sites for hydroxylation is 1. The molecule has 7 nitrogen and oxygen atoms in total. The number of amides is 1. The van der Waals surface area contributed by atoms with Gasteiger partial charge in [0.25, 0.3) is 12.3 Å². The minimum atomic E-state index is -2.92. The summed E-state index contributed by atoms with van der Waals surface area (Å²) >= 11 is 0. The van der Waals surface area contributed by atoms with E-state index in [-0.39, 0.29) is 18.1 Å². The van der Waals surface area contributed by atoms with E-state index in [2.05, 4.69) is 20.8 Å². The van der Waals surface area contributed by atoms with Gasteiger partial charge in [-0.05, 0) is 26.0 Å². The summed E-state index contributed by atoms with van der Waals surface area (Å²) in [5.41, 5.74) is 0.0512. The van der Waals surface area contributed by atoms with Gasteiger partial charge in [0.1, 0.15) is 12.4 Å². The Bertz CT molecular complexity index is 1190. The molecule has 3 aromatic rings. The molecule has 2 unspecified atom stereocenters. The average molecular weight is 446 g/mol. The molecule has 0 radical (unpaired) electrons. The highest BCUT2D eigenvalue weighted by atomic mass is 19.3. The molecular weight excluding hydrogens is 425 g/mol. The number of alkyl halides is 2. The second kappa shape index (κ2) is 8.52. The molecular formula is C22H21F3N4O3. The summed E-state index contributed by atoms with van der Waals surface area (Å²) in [7, 11) is 1.51. The van der Waals surface area contributed by atoms with Gasteiger partial charge in [0.05, 0.1) is 17.3 Å². The van der Waals surface area contributed by atoms with Crippen molar-refractivity contribution in [2.75, 3.05) is 19.0 Å². The number of nitrogens with one attached hydrogen (secondary N) is 2. The normalized spacial score (nSPS) is 16.2. The minimum Gasteiger partial charge on any atom is -0.485 e. The number of ether oxygens (including phenoxy) is 2. The predicted octanol–water partition coefficient (Wildman–Crippen LogP) is 4.07. The van der Waals surface area contributed by atoms with Crippen molar-refractivity contribution < 1.29 is 27.4 Å². The Hall–Kier alpha value is -3.56. The first kappa shape index (κ1) is 21.7. The summed E-state index contributed by atoms with van der Waals surface area (Å²) in [6.45, 7) is 3.48. The molecule has 32 heavy (non-hydrogen) atoms. The van der Waals surface area contributed by atoms with Gasteiger partial charge < -0.3 is 20.1 Å². The third kappa shape index (κ3) is 3.88. The Morgan fingerprint density at radius 3 is 2.59 bits per heavy atom. The summed E-state index contributed by atoms with van der Waals surface area (Å²) in [6.07, 6.45) is -3.72. The van der Waals surface area contributed by atoms with Gasteiger partial charge in [-0.25, -0.2) is 13.2 Å². The molecule has 1 aliphatic heterocycles. The fourth-order valence-corrected chi connectivity index (χ4v) is 3.60. The van der Waals surface area contributed by atoms with Crippen molar-refractivity contribution in [2.24, 2.45) is 0 Å². The lowest BCUT2D eigenvalue weighted by atomic mass is 10.0. The van der Waals surface area contributed by atoms with Crippen molar-refractivity contribution in [3.8, 4) is 11.5 Å². The van der Waals surface area contributed by atoms with Crippen LogP contribution in [0.25, 0.3) is 10.8 Å². The Morgan fingerprint density at radius 2 is 1.88 bits per heavy atom. The van der Waals surface area contributed by atoms with E-state index in [4.69, 9.17) is 9.47 Å². The van der Waals surface area contributed by atoms with Crippen LogP contribution in [0.4, 0.5) is 19.0 Å². The number of halogens is 3. The van der Waals surface area contributed by atoms with Gasteiger partial charge in [0, 0.05) is 23.4 Å². The van der Waals surface area contributed by atoms with Gasteiger partial charge in [-0.1, -0.05) is 18.2 Å². The van der Waals surface area contributed by atoms with E-state index in [0.717, 1.165) is 11.5 Å². The van der Waals surface area contributed by atoms with Crippen LogP contribution in [-0.2, 0) is 4.79 Å². The van der Waals surface area contributed by atoms with Crippen molar-refractivity contribution in [1.29, 1.82) is 0 Å². The molecule has 1 aromatic heterocycles. The predicted molar refractivity (Wildman–Crippen MR) is 112 cm³/mol. The highest BCUT2D eigenvalue weighted by molar-refractivity contribution is 5.96. The Balaban J connectivity index is 1.72. The number of anilines is 1. The molecule has 2 N–H and O–H groups in total. The maximum absolute atomic E-state index is 14.6. The van der Waals surface area contributed by atoms with E-state index < -0.39 is 30.0 Å². The van der Waals surface area contributed by atoms with Gasteiger partial charge >= 0.3 is 0 Å². The van der Waals surface area contributed by atoms with Gasteiger partial charge in [0.2, 0.25) is 6.10 Å². The van der Waals surface area contributed by atoms with E-state index in [9.17, 15) is 18.0 Å². The molecule has 0 saturated carbocycles. The van der Waals surface area contributed by atoms with E-state index in [0.29, 0.717) is 28.4 Å². The molecule has 2 aromatic carbocycles. The summed E-state index contributed by atoms with van der Waals surface area (Å²) in [4.78, 5) is 11.9. The second-order valence-corrected chi connectivity index (χ2v) is 7.43. The molecule has 0 spiro atoms. The first-order chi connectivity index (χ1) is 15.3. The van der Waals surface area contributed by atoms with Gasteiger partial charge in [-0.2, -0.15) is 5.10 Å². The number of carbonyl (C=O) groups excluding carboxylic acids is 1. The topological polar surface area (TPSA) is 85.4 Å². The van der Waals surface area contributed by atoms with E-state index in [1.165, 1.54) is 19.2 Å². The van der Waals surface area contributed by atoms with Crippen molar-refractivity contribution in [3.63, 3.8) is 0 Å². The number of fused-ring (bicyclic) bond motifs is 2. The zero-order chi connectivity index (χ0) is 23.0. The quantitative estimate of drug-likeness (QED) is 0.615. The lowest BCUT2D eigenvalue weighted by Crippen LogP contribution is -2.42. The van der Waals surface area contributed by atoms with Crippen molar-refractivity contribution in [2.45, 2.75) is 32.4 Å². The average Bonchev–Trinajstić information content (AvgIpc) is 2.79. The molecule has 2 heterocycles. The van der Waals surface area contributed by atoms with E-state index >= 15 is 0 Å². The highest BCUT2D eigenvalue weighted by Gasteiger charge is 2.28. The number of nitrogens with zero attached hydrogens (tertiary/aromatic N) is 2. The fourth-order valence-electron chi connectivity index (χ4n) is 3.60. The van der Waals surface area contributed by atoms with Gasteiger partial charge in [-0.15, -0.1) is 5.10 Å². The standard InChI is InChI=1S/C22H21F3N4O3/c1-10(12-5-4-6-13(19(12)23)20(24)25)27-21-15-8-17-16(7-14(15)11(2)28-29-21)31-9-18(32-17)22(30)26-3/h4-8,10,18,20H,9H2,1-3H3,(H,26,30)(H,27,29). The van der Waals surface area contributed by atoms with Crippen LogP contribution in [-0.4, -0.2) is 35.9 Å². The summed E-state index contributed by atoms with van der Waals surface area (Å²) in [5, 5.41) is 15.2. The molecule has 168 valence electrons. The molecule has 4 rings (SSSR count). The zero-order valence-electron chi connectivity index (χ0n) is 17.6. The van der Waals surface area contributed by atoms with E-state index in [1.54, 1.807) is 26.0 Å². The molecule has 0 aliphatic carbocycles. The number of likely N-dealkylation sites (N-methyl/N-ethyl adjacent to an activating group) is 1. The van der Waals surface area contributed by atoms with Crippen LogP contribution in [0.3, 0.4) is 0 Å². The molecule has 0 saturated heterocycles. The highest BCUT2D eigenvalue weighted by Crippen LogP contribution is 2.39. The van der Waals surface area contributed by atoms with Crippen LogP contribution >= 0.6 is 0 Å². The number of aromatic nitrogens is 2. The van der Waals surface area contributed by atoms with Gasteiger partial charge in [0.15, 0.2) is 17.3 Å².